The molecule has 110 valence electrons. The number of nitrogens with one attached hydrogen (secondary N) is 1. The number of benzene rings is 1. The molecular formula is C16H25N3O. The van der Waals surface area contributed by atoms with E-state index in [1.54, 1.807) is 0 Å². The molecule has 1 aromatic carbocycles. The van der Waals surface area contributed by atoms with Crippen molar-refractivity contribution >= 4 is 11.6 Å². The van der Waals surface area contributed by atoms with E-state index in [1.807, 2.05) is 44.1 Å². The maximum absolute atomic E-state index is 12.7. The van der Waals surface area contributed by atoms with E-state index in [2.05, 4.69) is 23.2 Å². The van der Waals surface area contributed by atoms with E-state index in [1.165, 1.54) is 5.56 Å². The van der Waals surface area contributed by atoms with Crippen molar-refractivity contribution in [1.82, 2.24) is 9.80 Å². The first-order chi connectivity index (χ1) is 9.52. The predicted molar refractivity (Wildman–Crippen MR) is 83.0 cm³/mol. The third-order valence-corrected chi connectivity index (χ3v) is 3.85. The van der Waals surface area contributed by atoms with Crippen molar-refractivity contribution in [2.45, 2.75) is 32.4 Å². The lowest BCUT2D eigenvalue weighted by atomic mass is 10.1. The minimum Gasteiger partial charge on any atom is -0.373 e. The third-order valence-electron chi connectivity index (χ3n) is 3.85. The van der Waals surface area contributed by atoms with E-state index in [4.69, 9.17) is 0 Å². The maximum Gasteiger partial charge on any atom is 0.245 e. The summed E-state index contributed by atoms with van der Waals surface area (Å²) in [7, 11) is 4.08. The Morgan fingerprint density at radius 3 is 2.70 bits per heavy atom. The summed E-state index contributed by atoms with van der Waals surface area (Å²) >= 11 is 0. The molecule has 1 aliphatic rings. The van der Waals surface area contributed by atoms with Crippen LogP contribution >= 0.6 is 0 Å². The molecule has 2 rings (SSSR count). The molecule has 0 bridgehead atoms. The summed E-state index contributed by atoms with van der Waals surface area (Å²) in [6, 6.07) is 8.28. The summed E-state index contributed by atoms with van der Waals surface area (Å²) in [5.74, 6) is 0.207. The fourth-order valence-corrected chi connectivity index (χ4v) is 2.96. The number of hydrogen-bond donors (Lipinski definition) is 1. The average molecular weight is 275 g/mol. The fourth-order valence-electron chi connectivity index (χ4n) is 2.96. The molecule has 0 aromatic heterocycles. The number of fused-ring (bicyclic) bond motifs is 1. The molecule has 2 unspecified atom stereocenters. The Labute approximate surface area is 121 Å². The Morgan fingerprint density at radius 1 is 1.40 bits per heavy atom. The summed E-state index contributed by atoms with van der Waals surface area (Å²) in [5.41, 5.74) is 2.34. The van der Waals surface area contributed by atoms with E-state index in [0.29, 0.717) is 0 Å². The molecular weight excluding hydrogens is 250 g/mol. The molecule has 1 N–H and O–H groups in total. The standard InChI is InChI=1S/C16H25N3O/c1-5-19(12(2)11-18(3)4)16(20)15-10-13-8-6-7-9-14(13)17-15/h6-9,12,15,17H,5,10-11H2,1-4H3. The molecule has 0 spiro atoms. The normalized spacial score (nSPS) is 18.6. The Bertz CT molecular complexity index is 448. The van der Waals surface area contributed by atoms with Crippen LogP contribution < -0.4 is 5.32 Å². The van der Waals surface area contributed by atoms with Gasteiger partial charge >= 0.3 is 0 Å². The highest BCUT2D eigenvalue weighted by molar-refractivity contribution is 5.87. The molecule has 0 radical (unpaired) electrons. The average Bonchev–Trinajstić information content (AvgIpc) is 2.82. The van der Waals surface area contributed by atoms with Crippen LogP contribution in [-0.4, -0.2) is 55.0 Å². The first-order valence-corrected chi connectivity index (χ1v) is 7.32. The van der Waals surface area contributed by atoms with Gasteiger partial charge in [0.05, 0.1) is 0 Å². The van der Waals surface area contributed by atoms with Crippen molar-refractivity contribution in [2.24, 2.45) is 0 Å². The Morgan fingerprint density at radius 2 is 2.10 bits per heavy atom. The summed E-state index contributed by atoms with van der Waals surface area (Å²) in [6.07, 6.45) is 0.792. The predicted octanol–water partition coefficient (Wildman–Crippen LogP) is 1.82. The van der Waals surface area contributed by atoms with Crippen LogP contribution in [0.4, 0.5) is 5.69 Å². The van der Waals surface area contributed by atoms with E-state index in [-0.39, 0.29) is 18.0 Å². The molecule has 0 saturated heterocycles. The quantitative estimate of drug-likeness (QED) is 0.890. The lowest BCUT2D eigenvalue weighted by molar-refractivity contribution is -0.133. The van der Waals surface area contributed by atoms with Gasteiger partial charge in [0.1, 0.15) is 6.04 Å². The summed E-state index contributed by atoms with van der Waals surface area (Å²) < 4.78 is 0. The van der Waals surface area contributed by atoms with Gasteiger partial charge in [-0.3, -0.25) is 4.79 Å². The number of hydrogen-bond acceptors (Lipinski definition) is 3. The van der Waals surface area contributed by atoms with Gasteiger partial charge in [0.15, 0.2) is 0 Å². The van der Waals surface area contributed by atoms with Crippen LogP contribution in [0, 0.1) is 0 Å². The first-order valence-electron chi connectivity index (χ1n) is 7.32. The molecule has 1 aromatic rings. The van der Waals surface area contributed by atoms with Gasteiger partial charge in [0, 0.05) is 31.2 Å². The number of para-hydroxylation sites is 1. The minimum absolute atomic E-state index is 0.114. The highest BCUT2D eigenvalue weighted by Crippen LogP contribution is 2.26. The van der Waals surface area contributed by atoms with Crippen LogP contribution in [0.15, 0.2) is 24.3 Å². The van der Waals surface area contributed by atoms with E-state index < -0.39 is 0 Å². The zero-order chi connectivity index (χ0) is 14.7. The van der Waals surface area contributed by atoms with Crippen molar-refractivity contribution in [2.75, 3.05) is 32.5 Å². The van der Waals surface area contributed by atoms with Crippen molar-refractivity contribution in [3.8, 4) is 0 Å². The van der Waals surface area contributed by atoms with Gasteiger partial charge in [-0.25, -0.2) is 0 Å². The monoisotopic (exact) mass is 275 g/mol. The lowest BCUT2D eigenvalue weighted by Gasteiger charge is -2.32. The van der Waals surface area contributed by atoms with Crippen molar-refractivity contribution < 1.29 is 4.79 Å². The largest absolute Gasteiger partial charge is 0.373 e. The van der Waals surface area contributed by atoms with Crippen LogP contribution in [0.3, 0.4) is 0 Å². The van der Waals surface area contributed by atoms with E-state index >= 15 is 0 Å². The van der Waals surface area contributed by atoms with Gasteiger partial charge < -0.3 is 15.1 Å². The highest BCUT2D eigenvalue weighted by atomic mass is 16.2. The van der Waals surface area contributed by atoms with Crippen molar-refractivity contribution in [1.29, 1.82) is 0 Å². The van der Waals surface area contributed by atoms with Crippen molar-refractivity contribution in [3.63, 3.8) is 0 Å². The molecule has 4 nitrogen and oxygen atoms in total. The fraction of sp³-hybridized carbons (Fsp3) is 0.562. The summed E-state index contributed by atoms with van der Waals surface area (Å²) in [4.78, 5) is 16.8. The molecule has 4 heteroatoms. The Kier molecular flexibility index (Phi) is 4.65. The lowest BCUT2D eigenvalue weighted by Crippen LogP contribution is -2.49. The topological polar surface area (TPSA) is 35.6 Å². The summed E-state index contributed by atoms with van der Waals surface area (Å²) in [5, 5.41) is 3.35. The van der Waals surface area contributed by atoms with Gasteiger partial charge in [0.2, 0.25) is 5.91 Å². The van der Waals surface area contributed by atoms with Gasteiger partial charge in [-0.1, -0.05) is 18.2 Å². The number of carbonyl (C=O) groups is 1. The van der Waals surface area contributed by atoms with Crippen LogP contribution in [0.1, 0.15) is 19.4 Å². The highest BCUT2D eigenvalue weighted by Gasteiger charge is 2.31. The van der Waals surface area contributed by atoms with Gasteiger partial charge in [-0.05, 0) is 39.6 Å². The van der Waals surface area contributed by atoms with Crippen LogP contribution in [0.25, 0.3) is 0 Å². The van der Waals surface area contributed by atoms with E-state index in [0.717, 1.165) is 25.2 Å². The van der Waals surface area contributed by atoms with Crippen LogP contribution in [0.2, 0.25) is 0 Å². The maximum atomic E-state index is 12.7. The number of rotatable bonds is 5. The van der Waals surface area contributed by atoms with Crippen LogP contribution in [-0.2, 0) is 11.2 Å². The third kappa shape index (κ3) is 3.12. The van der Waals surface area contributed by atoms with Gasteiger partial charge in [-0.2, -0.15) is 0 Å². The molecule has 0 aliphatic carbocycles. The second kappa shape index (κ2) is 6.27. The molecule has 1 amide bonds. The second-order valence-electron chi connectivity index (χ2n) is 5.79. The smallest absolute Gasteiger partial charge is 0.245 e. The van der Waals surface area contributed by atoms with Crippen LogP contribution in [0.5, 0.6) is 0 Å². The zero-order valence-corrected chi connectivity index (χ0v) is 12.9. The first kappa shape index (κ1) is 14.9. The zero-order valence-electron chi connectivity index (χ0n) is 12.9. The number of anilines is 1. The van der Waals surface area contributed by atoms with Gasteiger partial charge in [0.25, 0.3) is 0 Å². The molecule has 1 heterocycles. The van der Waals surface area contributed by atoms with Gasteiger partial charge in [-0.15, -0.1) is 0 Å². The molecule has 20 heavy (non-hydrogen) atoms. The minimum atomic E-state index is -0.114. The van der Waals surface area contributed by atoms with E-state index in [9.17, 15) is 4.79 Å². The number of carbonyl (C=O) groups excluding carboxylic acids is 1. The Hall–Kier alpha value is -1.55. The molecule has 1 aliphatic heterocycles. The summed E-state index contributed by atoms with van der Waals surface area (Å²) in [6.45, 7) is 5.80. The van der Waals surface area contributed by atoms with Crippen molar-refractivity contribution in [3.05, 3.63) is 29.8 Å². The second-order valence-corrected chi connectivity index (χ2v) is 5.79. The number of amides is 1. The molecule has 2 atom stereocenters. The molecule has 0 fully saturated rings. The number of likely N-dealkylation sites (N-methyl/N-ethyl adjacent to an activating group) is 2. The Balaban J connectivity index is 2.04. The molecule has 0 saturated carbocycles. The SMILES string of the molecule is CCN(C(=O)C1Cc2ccccc2N1)C(C)CN(C)C. The number of nitrogens with zero attached hydrogens (tertiary/aromatic N) is 2.